The van der Waals surface area contributed by atoms with Gasteiger partial charge in [0.15, 0.2) is 0 Å². The summed E-state index contributed by atoms with van der Waals surface area (Å²) in [5, 5.41) is 4.05. The molecule has 15 heavy (non-hydrogen) atoms. The van der Waals surface area contributed by atoms with Gasteiger partial charge in [0.25, 0.3) is 0 Å². The Bertz CT molecular complexity index is 452. The molecule has 0 aromatic carbocycles. The molecule has 5 heteroatoms. The van der Waals surface area contributed by atoms with E-state index in [1.54, 1.807) is 6.20 Å². The molecule has 2 aromatic rings. The largest absolute Gasteiger partial charge is 0.355 e. The number of hydrogen-bond acceptors (Lipinski definition) is 5. The summed E-state index contributed by atoms with van der Waals surface area (Å²) in [5.41, 5.74) is 2.23. The Hall–Kier alpha value is -1.49. The van der Waals surface area contributed by atoms with E-state index in [9.17, 15) is 0 Å². The van der Waals surface area contributed by atoms with Gasteiger partial charge in [0, 0.05) is 17.7 Å². The fourth-order valence-electron chi connectivity index (χ4n) is 1.23. The molecule has 0 unspecified atom stereocenters. The van der Waals surface area contributed by atoms with Gasteiger partial charge in [0.05, 0.1) is 12.2 Å². The molecule has 0 amide bonds. The molecule has 0 saturated heterocycles. The van der Waals surface area contributed by atoms with E-state index in [4.69, 9.17) is 0 Å². The van der Waals surface area contributed by atoms with Gasteiger partial charge >= 0.3 is 0 Å². The van der Waals surface area contributed by atoms with E-state index < -0.39 is 0 Å². The summed E-state index contributed by atoms with van der Waals surface area (Å²) in [4.78, 5) is 8.52. The van der Waals surface area contributed by atoms with Crippen LogP contribution in [0.3, 0.4) is 0 Å². The van der Waals surface area contributed by atoms with Crippen molar-refractivity contribution in [2.75, 3.05) is 5.32 Å². The average Bonchev–Trinajstić information content (AvgIpc) is 2.63. The van der Waals surface area contributed by atoms with Crippen molar-refractivity contribution in [3.63, 3.8) is 0 Å². The lowest BCUT2D eigenvalue weighted by molar-refractivity contribution is 1.01. The van der Waals surface area contributed by atoms with E-state index in [0.29, 0.717) is 6.54 Å². The highest BCUT2D eigenvalue weighted by Gasteiger charge is 2.01. The molecule has 0 aliphatic heterocycles. The van der Waals surface area contributed by atoms with Crippen molar-refractivity contribution in [1.29, 1.82) is 0 Å². The molecule has 0 atom stereocenters. The first-order chi connectivity index (χ1) is 7.25. The van der Waals surface area contributed by atoms with Gasteiger partial charge in [-0.25, -0.2) is 4.98 Å². The Kier molecular flexibility index (Phi) is 2.91. The van der Waals surface area contributed by atoms with Crippen molar-refractivity contribution in [2.24, 2.45) is 0 Å². The lowest BCUT2D eigenvalue weighted by Crippen LogP contribution is -2.03. The minimum atomic E-state index is 0.696. The zero-order valence-corrected chi connectivity index (χ0v) is 9.51. The van der Waals surface area contributed by atoms with Gasteiger partial charge in [-0.2, -0.15) is 4.37 Å². The third-order valence-corrected chi connectivity index (χ3v) is 2.82. The molecule has 1 N–H and O–H groups in total. The van der Waals surface area contributed by atoms with Crippen LogP contribution in [0.1, 0.15) is 17.1 Å². The SMILES string of the molecule is Cc1nsc(NCc2ncccc2C)n1. The van der Waals surface area contributed by atoms with Crippen LogP contribution in [0.2, 0.25) is 0 Å². The summed E-state index contributed by atoms with van der Waals surface area (Å²) in [6.45, 7) is 4.63. The molecular formula is C10H12N4S. The van der Waals surface area contributed by atoms with Gasteiger partial charge in [-0.3, -0.25) is 4.98 Å². The maximum atomic E-state index is 4.29. The maximum Gasteiger partial charge on any atom is 0.202 e. The van der Waals surface area contributed by atoms with Gasteiger partial charge in [0.2, 0.25) is 5.13 Å². The molecule has 0 spiro atoms. The lowest BCUT2D eigenvalue weighted by atomic mass is 10.2. The fraction of sp³-hybridized carbons (Fsp3) is 0.300. The van der Waals surface area contributed by atoms with Crippen LogP contribution >= 0.6 is 11.5 Å². The van der Waals surface area contributed by atoms with Crippen LogP contribution in [0.25, 0.3) is 0 Å². The summed E-state index contributed by atoms with van der Waals surface area (Å²) < 4.78 is 4.10. The number of anilines is 1. The first-order valence-electron chi connectivity index (χ1n) is 4.70. The van der Waals surface area contributed by atoms with Gasteiger partial charge in [0.1, 0.15) is 5.82 Å². The molecule has 78 valence electrons. The van der Waals surface area contributed by atoms with Gasteiger partial charge in [-0.05, 0) is 25.5 Å². The van der Waals surface area contributed by atoms with Crippen molar-refractivity contribution >= 4 is 16.7 Å². The van der Waals surface area contributed by atoms with Crippen molar-refractivity contribution in [1.82, 2.24) is 14.3 Å². The number of aryl methyl sites for hydroxylation is 2. The van der Waals surface area contributed by atoms with Crippen LogP contribution in [-0.2, 0) is 6.54 Å². The number of hydrogen-bond donors (Lipinski definition) is 1. The summed E-state index contributed by atoms with van der Waals surface area (Å²) in [5.74, 6) is 0.806. The Morgan fingerprint density at radius 2 is 2.27 bits per heavy atom. The Morgan fingerprint density at radius 3 is 2.93 bits per heavy atom. The molecule has 2 rings (SSSR count). The molecule has 0 bridgehead atoms. The number of rotatable bonds is 3. The summed E-state index contributed by atoms with van der Waals surface area (Å²) >= 11 is 1.37. The van der Waals surface area contributed by atoms with E-state index >= 15 is 0 Å². The Morgan fingerprint density at radius 1 is 1.40 bits per heavy atom. The first-order valence-corrected chi connectivity index (χ1v) is 5.48. The van der Waals surface area contributed by atoms with Gasteiger partial charge in [-0.1, -0.05) is 6.07 Å². The highest BCUT2D eigenvalue weighted by atomic mass is 32.1. The van der Waals surface area contributed by atoms with Crippen LogP contribution in [-0.4, -0.2) is 14.3 Å². The predicted octanol–water partition coefficient (Wildman–Crippen LogP) is 2.16. The zero-order chi connectivity index (χ0) is 10.7. The molecule has 0 radical (unpaired) electrons. The molecule has 0 aliphatic rings. The minimum absolute atomic E-state index is 0.696. The second kappa shape index (κ2) is 4.35. The maximum absolute atomic E-state index is 4.29. The van der Waals surface area contributed by atoms with Crippen LogP contribution in [0.15, 0.2) is 18.3 Å². The number of aromatic nitrogens is 3. The van der Waals surface area contributed by atoms with Crippen LogP contribution < -0.4 is 5.32 Å². The molecule has 4 nitrogen and oxygen atoms in total. The van der Waals surface area contributed by atoms with Crippen molar-refractivity contribution in [2.45, 2.75) is 20.4 Å². The van der Waals surface area contributed by atoms with E-state index in [1.165, 1.54) is 17.1 Å². The second-order valence-corrected chi connectivity index (χ2v) is 4.02. The normalized spacial score (nSPS) is 10.3. The predicted molar refractivity (Wildman–Crippen MR) is 60.9 cm³/mol. The molecule has 2 aromatic heterocycles. The topological polar surface area (TPSA) is 50.7 Å². The highest BCUT2D eigenvalue weighted by molar-refractivity contribution is 7.09. The summed E-state index contributed by atoms with van der Waals surface area (Å²) in [7, 11) is 0. The lowest BCUT2D eigenvalue weighted by Gasteiger charge is -2.04. The van der Waals surface area contributed by atoms with Gasteiger partial charge < -0.3 is 5.32 Å². The minimum Gasteiger partial charge on any atom is -0.355 e. The van der Waals surface area contributed by atoms with E-state index in [2.05, 4.69) is 32.6 Å². The fourth-order valence-corrected chi connectivity index (χ4v) is 1.80. The third kappa shape index (κ3) is 2.50. The molecule has 0 aliphatic carbocycles. The number of nitrogens with one attached hydrogen (secondary N) is 1. The van der Waals surface area contributed by atoms with E-state index in [1.807, 2.05) is 13.0 Å². The third-order valence-electron chi connectivity index (χ3n) is 2.05. The molecule has 2 heterocycles. The summed E-state index contributed by atoms with van der Waals surface area (Å²) in [6.07, 6.45) is 1.80. The first kappa shape index (κ1) is 10.0. The molecule has 0 fully saturated rings. The van der Waals surface area contributed by atoms with Gasteiger partial charge in [-0.15, -0.1) is 0 Å². The molecular weight excluding hydrogens is 208 g/mol. The van der Waals surface area contributed by atoms with Crippen molar-refractivity contribution in [3.8, 4) is 0 Å². The average molecular weight is 220 g/mol. The van der Waals surface area contributed by atoms with Crippen LogP contribution in [0, 0.1) is 13.8 Å². The Labute approximate surface area is 92.6 Å². The monoisotopic (exact) mass is 220 g/mol. The van der Waals surface area contributed by atoms with Crippen LogP contribution in [0.5, 0.6) is 0 Å². The number of nitrogens with zero attached hydrogens (tertiary/aromatic N) is 3. The van der Waals surface area contributed by atoms with Crippen molar-refractivity contribution in [3.05, 3.63) is 35.4 Å². The van der Waals surface area contributed by atoms with Crippen LogP contribution in [0.4, 0.5) is 5.13 Å². The summed E-state index contributed by atoms with van der Waals surface area (Å²) in [6, 6.07) is 3.99. The van der Waals surface area contributed by atoms with Crippen molar-refractivity contribution < 1.29 is 0 Å². The van der Waals surface area contributed by atoms with E-state index in [0.717, 1.165) is 16.6 Å². The smallest absolute Gasteiger partial charge is 0.202 e. The second-order valence-electron chi connectivity index (χ2n) is 3.27. The molecule has 0 saturated carbocycles. The number of pyridine rings is 1. The zero-order valence-electron chi connectivity index (χ0n) is 8.69. The standard InChI is InChI=1S/C10H12N4S/c1-7-4-3-5-11-9(7)6-12-10-13-8(2)14-15-10/h3-5H,6H2,1-2H3,(H,12,13,14). The quantitative estimate of drug-likeness (QED) is 0.861. The highest BCUT2D eigenvalue weighted by Crippen LogP contribution is 2.12. The Balaban J connectivity index is 2.02. The van der Waals surface area contributed by atoms with E-state index in [-0.39, 0.29) is 0 Å².